The molecule has 0 N–H and O–H groups in total. The Hall–Kier alpha value is -1.65. The van der Waals surface area contributed by atoms with Gasteiger partial charge in [-0.25, -0.2) is 4.39 Å². The maximum absolute atomic E-state index is 13.1. The monoisotopic (exact) mass is 321 g/mol. The Morgan fingerprint density at radius 1 is 1.35 bits per heavy atom. The molecule has 23 heavy (non-hydrogen) atoms. The highest BCUT2D eigenvalue weighted by Gasteiger charge is 2.37. The molecule has 4 atom stereocenters. The SMILES string of the molecule is CC(C)[C@@H]1CC[C@@H](C)C[C@H]1N(C(=O)[O-])[C@@H](C)c1ccc(F)cn1. The van der Waals surface area contributed by atoms with Crippen molar-refractivity contribution in [2.75, 3.05) is 0 Å². The Kier molecular flexibility index (Phi) is 5.60. The Labute approximate surface area is 137 Å². The van der Waals surface area contributed by atoms with Gasteiger partial charge >= 0.3 is 0 Å². The van der Waals surface area contributed by atoms with Crippen LogP contribution in [0.5, 0.6) is 0 Å². The first-order chi connectivity index (χ1) is 10.8. The van der Waals surface area contributed by atoms with Crippen LogP contribution >= 0.6 is 0 Å². The number of carbonyl (C=O) groups is 1. The van der Waals surface area contributed by atoms with E-state index in [4.69, 9.17) is 0 Å². The summed E-state index contributed by atoms with van der Waals surface area (Å²) in [4.78, 5) is 17.4. The molecule has 0 aliphatic heterocycles. The maximum Gasteiger partial charge on any atom is 0.141 e. The van der Waals surface area contributed by atoms with Gasteiger partial charge in [0.15, 0.2) is 0 Å². The third kappa shape index (κ3) is 4.01. The summed E-state index contributed by atoms with van der Waals surface area (Å²) in [5.41, 5.74) is 0.552. The van der Waals surface area contributed by atoms with E-state index >= 15 is 0 Å². The minimum absolute atomic E-state index is 0.0781. The van der Waals surface area contributed by atoms with Crippen molar-refractivity contribution in [2.45, 2.75) is 59.0 Å². The fourth-order valence-corrected chi connectivity index (χ4v) is 3.83. The van der Waals surface area contributed by atoms with Crippen molar-refractivity contribution in [2.24, 2.45) is 17.8 Å². The van der Waals surface area contributed by atoms with Crippen LogP contribution in [0.15, 0.2) is 18.3 Å². The van der Waals surface area contributed by atoms with Crippen molar-refractivity contribution in [3.8, 4) is 0 Å². The van der Waals surface area contributed by atoms with E-state index in [9.17, 15) is 14.3 Å². The van der Waals surface area contributed by atoms with E-state index in [0.717, 1.165) is 25.5 Å². The van der Waals surface area contributed by atoms with E-state index in [1.807, 2.05) is 0 Å². The molecule has 128 valence electrons. The summed E-state index contributed by atoms with van der Waals surface area (Å²) in [5.74, 6) is 0.784. The van der Waals surface area contributed by atoms with Gasteiger partial charge in [0.25, 0.3) is 0 Å². The molecule has 0 radical (unpaired) electrons. The van der Waals surface area contributed by atoms with Crippen molar-refractivity contribution >= 4 is 6.09 Å². The minimum Gasteiger partial charge on any atom is -0.530 e. The van der Waals surface area contributed by atoms with Crippen molar-refractivity contribution in [3.05, 3.63) is 29.8 Å². The molecule has 0 saturated heterocycles. The van der Waals surface area contributed by atoms with E-state index in [2.05, 4.69) is 25.8 Å². The molecule has 1 amide bonds. The third-order valence-electron chi connectivity index (χ3n) is 5.15. The topological polar surface area (TPSA) is 56.3 Å². The predicted octanol–water partition coefficient (Wildman–Crippen LogP) is 3.39. The predicted molar refractivity (Wildman–Crippen MR) is 85.0 cm³/mol. The van der Waals surface area contributed by atoms with Crippen LogP contribution in [0.3, 0.4) is 0 Å². The van der Waals surface area contributed by atoms with Crippen LogP contribution in [0.4, 0.5) is 9.18 Å². The van der Waals surface area contributed by atoms with Crippen LogP contribution in [0.2, 0.25) is 0 Å². The van der Waals surface area contributed by atoms with Gasteiger partial charge in [-0.05, 0) is 49.7 Å². The summed E-state index contributed by atoms with van der Waals surface area (Å²) in [7, 11) is 0. The summed E-state index contributed by atoms with van der Waals surface area (Å²) in [6, 6.07) is 2.34. The van der Waals surface area contributed by atoms with Gasteiger partial charge in [-0.15, -0.1) is 0 Å². The number of hydrogen-bond acceptors (Lipinski definition) is 3. The molecule has 0 spiro atoms. The van der Waals surface area contributed by atoms with Gasteiger partial charge in [0.05, 0.1) is 17.9 Å². The van der Waals surface area contributed by atoms with Crippen LogP contribution in [0, 0.1) is 23.6 Å². The molecule has 1 saturated carbocycles. The number of nitrogens with zero attached hydrogens (tertiary/aromatic N) is 2. The average molecular weight is 321 g/mol. The van der Waals surface area contributed by atoms with Gasteiger partial charge < -0.3 is 14.8 Å². The zero-order valence-corrected chi connectivity index (χ0v) is 14.3. The molecule has 0 unspecified atom stereocenters. The van der Waals surface area contributed by atoms with Crippen LogP contribution in [0.1, 0.15) is 58.7 Å². The first kappa shape index (κ1) is 17.7. The van der Waals surface area contributed by atoms with Gasteiger partial charge in [-0.2, -0.15) is 0 Å². The summed E-state index contributed by atoms with van der Waals surface area (Å²) in [6.07, 6.45) is 2.94. The number of aromatic nitrogens is 1. The summed E-state index contributed by atoms with van der Waals surface area (Å²) >= 11 is 0. The molecule has 1 aliphatic carbocycles. The van der Waals surface area contributed by atoms with E-state index < -0.39 is 18.0 Å². The standard InChI is InChI=1S/C18H27FN2O2/c1-11(2)15-7-5-12(3)9-17(15)21(18(22)23)13(4)16-8-6-14(19)10-20-16/h6,8,10-13,15,17H,5,7,9H2,1-4H3,(H,22,23)/p-1/t12-,13+,15+,17-/m1/s1. The Morgan fingerprint density at radius 3 is 2.57 bits per heavy atom. The quantitative estimate of drug-likeness (QED) is 0.854. The third-order valence-corrected chi connectivity index (χ3v) is 5.15. The molecule has 1 fully saturated rings. The molecule has 0 aromatic carbocycles. The lowest BCUT2D eigenvalue weighted by atomic mass is 9.73. The van der Waals surface area contributed by atoms with E-state index in [-0.39, 0.29) is 6.04 Å². The zero-order valence-electron chi connectivity index (χ0n) is 14.3. The Morgan fingerprint density at radius 2 is 2.04 bits per heavy atom. The highest BCUT2D eigenvalue weighted by Crippen LogP contribution is 2.39. The molecule has 2 rings (SSSR count). The van der Waals surface area contributed by atoms with Crippen LogP contribution in [0.25, 0.3) is 0 Å². The summed E-state index contributed by atoms with van der Waals surface area (Å²) < 4.78 is 13.1. The van der Waals surface area contributed by atoms with Crippen LogP contribution in [-0.2, 0) is 0 Å². The molecule has 1 aromatic rings. The van der Waals surface area contributed by atoms with E-state index in [1.54, 1.807) is 13.0 Å². The molecule has 0 bridgehead atoms. The largest absolute Gasteiger partial charge is 0.530 e. The van der Waals surface area contributed by atoms with Gasteiger partial charge in [0.1, 0.15) is 11.9 Å². The van der Waals surface area contributed by atoms with Gasteiger partial charge in [0.2, 0.25) is 0 Å². The molecule has 4 nitrogen and oxygen atoms in total. The second kappa shape index (κ2) is 7.28. The molecular formula is C18H26FN2O2-. The van der Waals surface area contributed by atoms with Crippen molar-refractivity contribution in [1.82, 2.24) is 9.88 Å². The highest BCUT2D eigenvalue weighted by molar-refractivity contribution is 5.63. The number of rotatable bonds is 4. The van der Waals surface area contributed by atoms with Gasteiger partial charge in [-0.3, -0.25) is 4.98 Å². The molecule has 1 aromatic heterocycles. The summed E-state index contributed by atoms with van der Waals surface area (Å²) in [5, 5.41) is 11.9. The van der Waals surface area contributed by atoms with Crippen molar-refractivity contribution < 1.29 is 14.3 Å². The van der Waals surface area contributed by atoms with E-state index in [1.165, 1.54) is 11.0 Å². The lowest BCUT2D eigenvalue weighted by molar-refractivity contribution is -0.273. The van der Waals surface area contributed by atoms with Crippen molar-refractivity contribution in [3.63, 3.8) is 0 Å². The Balaban J connectivity index is 2.31. The number of carbonyl (C=O) groups excluding carboxylic acids is 1. The van der Waals surface area contributed by atoms with Gasteiger partial charge in [-0.1, -0.05) is 27.2 Å². The zero-order chi connectivity index (χ0) is 17.1. The van der Waals surface area contributed by atoms with Crippen LogP contribution < -0.4 is 5.11 Å². The average Bonchev–Trinajstić information content (AvgIpc) is 2.47. The number of carboxylic acid groups (broad SMARTS) is 1. The number of amides is 1. The van der Waals surface area contributed by atoms with Crippen molar-refractivity contribution in [1.29, 1.82) is 0 Å². The highest BCUT2D eigenvalue weighted by atomic mass is 19.1. The fraction of sp³-hybridized carbons (Fsp3) is 0.667. The number of pyridine rings is 1. The minimum atomic E-state index is -1.17. The second-order valence-corrected chi connectivity index (χ2v) is 7.14. The second-order valence-electron chi connectivity index (χ2n) is 7.14. The van der Waals surface area contributed by atoms with E-state index in [0.29, 0.717) is 23.4 Å². The summed E-state index contributed by atoms with van der Waals surface area (Å²) in [6.45, 7) is 8.24. The van der Waals surface area contributed by atoms with Crippen LogP contribution in [-0.4, -0.2) is 22.0 Å². The smallest absolute Gasteiger partial charge is 0.141 e. The molecular weight excluding hydrogens is 295 g/mol. The molecule has 1 heterocycles. The van der Waals surface area contributed by atoms with Gasteiger partial charge in [0, 0.05) is 6.04 Å². The molecule has 5 heteroatoms. The Bertz CT molecular complexity index is 532. The lowest BCUT2D eigenvalue weighted by Gasteiger charge is -2.47. The fourth-order valence-electron chi connectivity index (χ4n) is 3.83. The lowest BCUT2D eigenvalue weighted by Crippen LogP contribution is -2.54. The number of hydrogen-bond donors (Lipinski definition) is 0. The normalized spacial score (nSPS) is 26.1. The molecule has 1 aliphatic rings. The first-order valence-corrected chi connectivity index (χ1v) is 8.42. The maximum atomic E-state index is 13.1. The number of halogens is 1. The first-order valence-electron chi connectivity index (χ1n) is 8.42.